The molecule has 0 bridgehead atoms. The van der Waals surface area contributed by atoms with Gasteiger partial charge in [-0.3, -0.25) is 9.59 Å². The Labute approximate surface area is 96.6 Å². The van der Waals surface area contributed by atoms with Crippen molar-refractivity contribution in [2.45, 2.75) is 40.5 Å². The van der Waals surface area contributed by atoms with Crippen molar-refractivity contribution in [3.63, 3.8) is 0 Å². The molecular formula is C12H20O4. The largest absolute Gasteiger partial charge is 0.465 e. The number of esters is 2. The van der Waals surface area contributed by atoms with Crippen molar-refractivity contribution in [3.8, 4) is 0 Å². The highest BCUT2D eigenvalue weighted by Crippen LogP contribution is 2.21. The molecule has 0 atom stereocenters. The summed E-state index contributed by atoms with van der Waals surface area (Å²) in [6.07, 6.45) is 0.750. The lowest BCUT2D eigenvalue weighted by atomic mass is 9.91. The smallest absolute Gasteiger partial charge is 0.314 e. The number of ether oxygens (including phenoxy) is 2. The van der Waals surface area contributed by atoms with Crippen molar-refractivity contribution in [2.75, 3.05) is 6.61 Å². The fourth-order valence-corrected chi connectivity index (χ4v) is 0.812. The molecule has 92 valence electrons. The molecule has 0 N–H and O–H groups in total. The van der Waals surface area contributed by atoms with Gasteiger partial charge in [-0.1, -0.05) is 13.5 Å². The zero-order valence-corrected chi connectivity index (χ0v) is 10.5. The minimum Gasteiger partial charge on any atom is -0.465 e. The lowest BCUT2D eigenvalue weighted by Gasteiger charge is -2.19. The molecule has 4 nitrogen and oxygen atoms in total. The van der Waals surface area contributed by atoms with Gasteiger partial charge in [0.2, 0.25) is 0 Å². The second kappa shape index (κ2) is 6.30. The summed E-state index contributed by atoms with van der Waals surface area (Å²) in [5.41, 5.74) is -0.502. The van der Waals surface area contributed by atoms with Crippen LogP contribution < -0.4 is 0 Å². The average Bonchev–Trinajstić information content (AvgIpc) is 2.16. The predicted molar refractivity (Wildman–Crippen MR) is 60.6 cm³/mol. The maximum atomic E-state index is 11.5. The van der Waals surface area contributed by atoms with Gasteiger partial charge in [-0.25, -0.2) is 0 Å². The molecule has 0 heterocycles. The number of allylic oxidation sites excluding steroid dienone is 1. The number of carbonyl (C=O) groups excluding carboxylic acids is 2. The van der Waals surface area contributed by atoms with Gasteiger partial charge in [0.1, 0.15) is 6.61 Å². The molecule has 16 heavy (non-hydrogen) atoms. The second-order valence-corrected chi connectivity index (χ2v) is 4.30. The van der Waals surface area contributed by atoms with Crippen LogP contribution in [0.25, 0.3) is 0 Å². The Morgan fingerprint density at radius 1 is 1.31 bits per heavy atom. The van der Waals surface area contributed by atoms with E-state index in [2.05, 4.69) is 6.58 Å². The molecule has 0 aromatic heterocycles. The average molecular weight is 228 g/mol. The van der Waals surface area contributed by atoms with Gasteiger partial charge in [0.15, 0.2) is 0 Å². The third-order valence-electron chi connectivity index (χ3n) is 2.26. The molecule has 4 heteroatoms. The second-order valence-electron chi connectivity index (χ2n) is 4.30. The van der Waals surface area contributed by atoms with Gasteiger partial charge >= 0.3 is 11.9 Å². The van der Waals surface area contributed by atoms with E-state index >= 15 is 0 Å². The molecule has 0 amide bonds. The zero-order valence-electron chi connectivity index (χ0n) is 10.5. The molecule has 0 saturated carbocycles. The number of rotatable bonds is 6. The molecule has 0 fully saturated rings. The van der Waals surface area contributed by atoms with Crippen molar-refractivity contribution >= 4 is 11.9 Å². The van der Waals surface area contributed by atoms with Crippen LogP contribution in [-0.4, -0.2) is 18.5 Å². The molecule has 0 unspecified atom stereocenters. The van der Waals surface area contributed by atoms with Gasteiger partial charge in [0.05, 0.1) is 17.6 Å². The van der Waals surface area contributed by atoms with E-state index in [0.29, 0.717) is 12.2 Å². The molecule has 0 aromatic carbocycles. The van der Waals surface area contributed by atoms with Crippen LogP contribution in [-0.2, 0) is 19.1 Å². The predicted octanol–water partition coefficient (Wildman–Crippen LogP) is 2.43. The van der Waals surface area contributed by atoms with Crippen LogP contribution >= 0.6 is 0 Å². The number of carbonyl (C=O) groups is 2. The monoisotopic (exact) mass is 228 g/mol. The maximum Gasteiger partial charge on any atom is 0.314 e. The van der Waals surface area contributed by atoms with Crippen molar-refractivity contribution in [1.82, 2.24) is 0 Å². The Morgan fingerprint density at radius 2 is 1.88 bits per heavy atom. The lowest BCUT2D eigenvalue weighted by molar-refractivity contribution is -0.155. The summed E-state index contributed by atoms with van der Waals surface area (Å²) in [5, 5.41) is 0. The SMILES string of the molecule is C=C(C)OC(=O)CCOC(=O)C(C)(C)CC. The van der Waals surface area contributed by atoms with E-state index < -0.39 is 11.4 Å². The van der Waals surface area contributed by atoms with Gasteiger partial charge in [0, 0.05) is 0 Å². The van der Waals surface area contributed by atoms with E-state index in [4.69, 9.17) is 9.47 Å². The van der Waals surface area contributed by atoms with E-state index in [-0.39, 0.29) is 19.0 Å². The number of hydrogen-bond acceptors (Lipinski definition) is 4. The van der Waals surface area contributed by atoms with Gasteiger partial charge in [-0.15, -0.1) is 0 Å². The first-order chi connectivity index (χ1) is 7.29. The lowest BCUT2D eigenvalue weighted by Crippen LogP contribution is -2.26. The summed E-state index contributed by atoms with van der Waals surface area (Å²) in [6.45, 7) is 10.6. The molecule has 0 spiro atoms. The van der Waals surface area contributed by atoms with Gasteiger partial charge in [0.25, 0.3) is 0 Å². The fraction of sp³-hybridized carbons (Fsp3) is 0.667. The highest BCUT2D eigenvalue weighted by Gasteiger charge is 2.27. The third-order valence-corrected chi connectivity index (χ3v) is 2.26. The molecule has 0 aliphatic heterocycles. The van der Waals surface area contributed by atoms with Crippen LogP contribution in [0.1, 0.15) is 40.5 Å². The van der Waals surface area contributed by atoms with Gasteiger partial charge in [-0.05, 0) is 27.2 Å². The Bertz CT molecular complexity index is 279. The van der Waals surface area contributed by atoms with Crippen molar-refractivity contribution in [2.24, 2.45) is 5.41 Å². The Hall–Kier alpha value is -1.32. The summed E-state index contributed by atoms with van der Waals surface area (Å²) >= 11 is 0. The van der Waals surface area contributed by atoms with Crippen LogP contribution in [0.2, 0.25) is 0 Å². The minimum atomic E-state index is -0.502. The maximum absolute atomic E-state index is 11.5. The van der Waals surface area contributed by atoms with Gasteiger partial charge in [-0.2, -0.15) is 0 Å². The van der Waals surface area contributed by atoms with E-state index in [1.54, 1.807) is 6.92 Å². The summed E-state index contributed by atoms with van der Waals surface area (Å²) in [4.78, 5) is 22.6. The standard InChI is InChI=1S/C12H20O4/c1-6-12(4,5)11(14)15-8-7-10(13)16-9(2)3/h2,6-8H2,1,3-5H3. The molecule has 0 saturated heterocycles. The molecule has 0 aliphatic carbocycles. The minimum absolute atomic E-state index is 0.0500. The first kappa shape index (κ1) is 14.7. The van der Waals surface area contributed by atoms with E-state index in [1.807, 2.05) is 20.8 Å². The van der Waals surface area contributed by atoms with Crippen LogP contribution in [0.15, 0.2) is 12.3 Å². The summed E-state index contributed by atoms with van der Waals surface area (Å²) < 4.78 is 9.70. The van der Waals surface area contributed by atoms with Crippen LogP contribution in [0.3, 0.4) is 0 Å². The topological polar surface area (TPSA) is 52.6 Å². The Morgan fingerprint density at radius 3 is 2.31 bits per heavy atom. The molecule has 0 aliphatic rings. The first-order valence-electron chi connectivity index (χ1n) is 5.33. The zero-order chi connectivity index (χ0) is 12.8. The number of hydrogen-bond donors (Lipinski definition) is 0. The van der Waals surface area contributed by atoms with Crippen molar-refractivity contribution in [1.29, 1.82) is 0 Å². The Balaban J connectivity index is 3.87. The normalized spacial score (nSPS) is 10.8. The van der Waals surface area contributed by atoms with Crippen molar-refractivity contribution in [3.05, 3.63) is 12.3 Å². The van der Waals surface area contributed by atoms with E-state index in [0.717, 1.165) is 0 Å². The molecule has 0 radical (unpaired) electrons. The molecular weight excluding hydrogens is 208 g/mol. The summed E-state index contributed by atoms with van der Waals surface area (Å²) in [6, 6.07) is 0. The van der Waals surface area contributed by atoms with Crippen LogP contribution in [0.4, 0.5) is 0 Å². The Kier molecular flexibility index (Phi) is 5.78. The quantitative estimate of drug-likeness (QED) is 0.517. The van der Waals surface area contributed by atoms with Crippen LogP contribution in [0.5, 0.6) is 0 Å². The fourth-order valence-electron chi connectivity index (χ4n) is 0.812. The highest BCUT2D eigenvalue weighted by molar-refractivity contribution is 5.76. The highest BCUT2D eigenvalue weighted by atomic mass is 16.6. The van der Waals surface area contributed by atoms with E-state index in [9.17, 15) is 9.59 Å². The summed E-state index contributed by atoms with van der Waals surface area (Å²) in [5.74, 6) is -0.391. The van der Waals surface area contributed by atoms with E-state index in [1.165, 1.54) is 0 Å². The third kappa shape index (κ3) is 5.53. The summed E-state index contributed by atoms with van der Waals surface area (Å²) in [7, 11) is 0. The molecule has 0 rings (SSSR count). The molecule has 0 aromatic rings. The van der Waals surface area contributed by atoms with Crippen LogP contribution in [0, 0.1) is 5.41 Å². The van der Waals surface area contributed by atoms with Crippen molar-refractivity contribution < 1.29 is 19.1 Å². The van der Waals surface area contributed by atoms with Gasteiger partial charge < -0.3 is 9.47 Å². The first-order valence-corrected chi connectivity index (χ1v) is 5.33.